The SMILES string of the molecule is C#Cc1cccc(F)c1.C1COCCN1.CCOC(=O)c1ccc(C#Cc2cccc(F)c2)cc1.CCOC(=O)c1ccc(I)cc1.O=C(O)c1ccc(C#Cc2cccc(F)c2)cc1.O=C(c1ccc(C#Cc2cccc(F)c2)cc1)N1CCOCC1. The largest absolute Gasteiger partial charge is 0.478 e. The van der Waals surface area contributed by atoms with Gasteiger partial charge in [-0.15, -0.1) is 6.42 Å². The minimum Gasteiger partial charge on any atom is -0.478 e. The van der Waals surface area contributed by atoms with Gasteiger partial charge in [-0.1, -0.05) is 65.7 Å². The summed E-state index contributed by atoms with van der Waals surface area (Å²) < 4.78 is 72.3. The van der Waals surface area contributed by atoms with E-state index in [9.17, 15) is 36.7 Å². The van der Waals surface area contributed by atoms with Crippen LogP contribution in [0.3, 0.4) is 0 Å². The smallest absolute Gasteiger partial charge is 0.338 e. The van der Waals surface area contributed by atoms with Gasteiger partial charge in [0.1, 0.15) is 23.3 Å². The van der Waals surface area contributed by atoms with Crippen LogP contribution in [0.4, 0.5) is 17.6 Å². The predicted molar refractivity (Wildman–Crippen MR) is 339 cm³/mol. The lowest BCUT2D eigenvalue weighted by Crippen LogP contribution is -2.40. The molecule has 0 radical (unpaired) electrons. The summed E-state index contributed by atoms with van der Waals surface area (Å²) in [6.45, 7) is 10.6. The number of carboxylic acids is 1. The van der Waals surface area contributed by atoms with Gasteiger partial charge in [0.2, 0.25) is 0 Å². The third-order valence-corrected chi connectivity index (χ3v) is 12.4. The zero-order valence-electron chi connectivity index (χ0n) is 48.2. The number of amides is 1. The number of carbonyl (C=O) groups is 4. The third-order valence-electron chi connectivity index (χ3n) is 11.7. The van der Waals surface area contributed by atoms with Crippen molar-refractivity contribution in [2.75, 3.05) is 65.8 Å². The monoisotopic (exact) mass is 1300 g/mol. The Kier molecular flexibility index (Phi) is 30.6. The first-order valence-corrected chi connectivity index (χ1v) is 28.5. The molecule has 0 atom stereocenters. The Hall–Kier alpha value is -9.79. The van der Waals surface area contributed by atoms with Crippen molar-refractivity contribution in [2.24, 2.45) is 0 Å². The second-order valence-electron chi connectivity index (χ2n) is 18.2. The van der Waals surface area contributed by atoms with Crippen molar-refractivity contribution in [2.45, 2.75) is 13.8 Å². The average molecular weight is 1300 g/mol. The highest BCUT2D eigenvalue weighted by Crippen LogP contribution is 2.13. The average Bonchev–Trinajstić information content (AvgIpc) is 3.70. The van der Waals surface area contributed by atoms with Crippen molar-refractivity contribution in [3.63, 3.8) is 0 Å². The van der Waals surface area contributed by atoms with Gasteiger partial charge in [-0.2, -0.15) is 0 Å². The van der Waals surface area contributed by atoms with E-state index in [1.54, 1.807) is 140 Å². The molecule has 2 heterocycles. The first kappa shape index (κ1) is 69.0. The maximum Gasteiger partial charge on any atom is 0.338 e. The van der Waals surface area contributed by atoms with Crippen molar-refractivity contribution < 1.29 is 60.8 Å². The Bertz CT molecular complexity index is 3760. The van der Waals surface area contributed by atoms with Crippen LogP contribution in [0, 0.1) is 74.7 Å². The highest BCUT2D eigenvalue weighted by atomic mass is 127. The summed E-state index contributed by atoms with van der Waals surface area (Å²) in [6, 6.07) is 51.7. The summed E-state index contributed by atoms with van der Waals surface area (Å²) in [5.74, 6) is 16.9. The third kappa shape index (κ3) is 26.6. The molecule has 2 aliphatic heterocycles. The van der Waals surface area contributed by atoms with E-state index in [1.807, 2.05) is 12.1 Å². The quantitative estimate of drug-likeness (QED) is 0.0715. The maximum atomic E-state index is 13.1. The zero-order valence-corrected chi connectivity index (χ0v) is 50.3. The maximum absolute atomic E-state index is 13.1. The molecular formula is C72H61F4IN2O9. The minimum atomic E-state index is -0.973. The van der Waals surface area contributed by atoms with Crippen molar-refractivity contribution in [3.05, 3.63) is 282 Å². The molecule has 0 aliphatic carbocycles. The van der Waals surface area contributed by atoms with E-state index >= 15 is 0 Å². The Morgan fingerprint density at radius 3 is 1.12 bits per heavy atom. The number of rotatable bonds is 6. The number of hydrogen-bond acceptors (Lipinski definition) is 9. The summed E-state index contributed by atoms with van der Waals surface area (Å²) in [4.78, 5) is 47.4. The number of aromatic carboxylic acids is 1. The Balaban J connectivity index is 0.000000201. The number of esters is 2. The van der Waals surface area contributed by atoms with Crippen molar-refractivity contribution in [3.8, 4) is 47.9 Å². The van der Waals surface area contributed by atoms with Crippen LogP contribution in [0.15, 0.2) is 194 Å². The first-order chi connectivity index (χ1) is 42.6. The van der Waals surface area contributed by atoms with E-state index < -0.39 is 5.97 Å². The molecule has 0 spiro atoms. The fourth-order valence-electron chi connectivity index (χ4n) is 7.27. The van der Waals surface area contributed by atoms with Crippen LogP contribution in [-0.4, -0.2) is 99.6 Å². The lowest BCUT2D eigenvalue weighted by Gasteiger charge is -2.26. The molecule has 2 N–H and O–H groups in total. The number of benzene rings is 8. The zero-order chi connectivity index (χ0) is 63.3. The normalized spacial score (nSPS) is 11.5. The van der Waals surface area contributed by atoms with Gasteiger partial charge in [-0.05, 0) is 206 Å². The number of carbonyl (C=O) groups excluding carboxylic acids is 3. The van der Waals surface area contributed by atoms with Crippen LogP contribution in [0.1, 0.15) is 94.2 Å². The summed E-state index contributed by atoms with van der Waals surface area (Å²) in [5.41, 5.74) is 6.57. The molecule has 1 amide bonds. The summed E-state index contributed by atoms with van der Waals surface area (Å²) in [6.07, 6.45) is 5.00. The number of ether oxygens (including phenoxy) is 4. The number of carboxylic acid groups (broad SMARTS) is 1. The van der Waals surface area contributed by atoms with Crippen molar-refractivity contribution in [1.82, 2.24) is 10.2 Å². The van der Waals surface area contributed by atoms with E-state index in [2.05, 4.69) is 69.4 Å². The Morgan fingerprint density at radius 1 is 0.477 bits per heavy atom. The van der Waals surface area contributed by atoms with Gasteiger partial charge in [-0.3, -0.25) is 4.79 Å². The van der Waals surface area contributed by atoms with E-state index in [-0.39, 0.29) is 46.7 Å². The molecule has 0 unspecified atom stereocenters. The molecule has 10 rings (SSSR count). The Morgan fingerprint density at radius 2 is 0.807 bits per heavy atom. The molecule has 16 heteroatoms. The molecule has 0 bridgehead atoms. The van der Waals surface area contributed by atoms with E-state index in [0.29, 0.717) is 84.0 Å². The lowest BCUT2D eigenvalue weighted by molar-refractivity contribution is 0.0302. The highest BCUT2D eigenvalue weighted by molar-refractivity contribution is 14.1. The molecule has 0 saturated carbocycles. The second kappa shape index (κ2) is 39.0. The van der Waals surface area contributed by atoms with Gasteiger partial charge < -0.3 is 34.3 Å². The molecule has 8 aromatic rings. The molecule has 448 valence electrons. The van der Waals surface area contributed by atoms with Crippen LogP contribution < -0.4 is 5.32 Å². The number of hydrogen-bond donors (Lipinski definition) is 2. The molecule has 2 fully saturated rings. The molecular weight excluding hydrogens is 1240 g/mol. The summed E-state index contributed by atoms with van der Waals surface area (Å²) in [7, 11) is 0. The van der Waals surface area contributed by atoms with E-state index in [0.717, 1.165) is 41.0 Å². The van der Waals surface area contributed by atoms with Crippen LogP contribution in [-0.2, 0) is 18.9 Å². The van der Waals surface area contributed by atoms with Gasteiger partial charge in [0.15, 0.2) is 0 Å². The highest BCUT2D eigenvalue weighted by Gasteiger charge is 2.18. The fourth-order valence-corrected chi connectivity index (χ4v) is 7.63. The summed E-state index contributed by atoms with van der Waals surface area (Å²) >= 11 is 2.19. The van der Waals surface area contributed by atoms with Gasteiger partial charge >= 0.3 is 17.9 Å². The molecule has 11 nitrogen and oxygen atoms in total. The van der Waals surface area contributed by atoms with E-state index in [1.165, 1.54) is 60.7 Å². The van der Waals surface area contributed by atoms with Crippen LogP contribution in [0.2, 0.25) is 0 Å². The topological polar surface area (TPSA) is 141 Å². The molecule has 8 aromatic carbocycles. The number of nitrogens with one attached hydrogen (secondary N) is 1. The number of terminal acetylenes is 1. The van der Waals surface area contributed by atoms with E-state index in [4.69, 9.17) is 30.5 Å². The molecule has 2 aliphatic rings. The second-order valence-corrected chi connectivity index (χ2v) is 19.4. The number of nitrogens with zero attached hydrogens (tertiary/aromatic N) is 1. The van der Waals surface area contributed by atoms with Crippen molar-refractivity contribution >= 4 is 46.4 Å². The fraction of sp³-hybridized carbons (Fsp3) is 0.167. The van der Waals surface area contributed by atoms with Crippen LogP contribution in [0.25, 0.3) is 0 Å². The lowest BCUT2D eigenvalue weighted by atomic mass is 10.1. The Labute approximate surface area is 524 Å². The minimum absolute atomic E-state index is 0.0120. The van der Waals surface area contributed by atoms with Crippen molar-refractivity contribution in [1.29, 1.82) is 0 Å². The van der Waals surface area contributed by atoms with Gasteiger partial charge in [-0.25, -0.2) is 31.9 Å². The number of morpholine rings is 2. The molecule has 2 saturated heterocycles. The predicted octanol–water partition coefficient (Wildman–Crippen LogP) is 12.9. The molecule has 0 aromatic heterocycles. The van der Waals surface area contributed by atoms with Gasteiger partial charge in [0, 0.05) is 74.3 Å². The summed E-state index contributed by atoms with van der Waals surface area (Å²) in [5, 5.41) is 11.9. The number of halogens is 5. The van der Waals surface area contributed by atoms with Crippen LogP contribution >= 0.6 is 22.6 Å². The first-order valence-electron chi connectivity index (χ1n) is 27.5. The van der Waals surface area contributed by atoms with Crippen LogP contribution in [0.5, 0.6) is 0 Å². The molecule has 88 heavy (non-hydrogen) atoms. The standard InChI is InChI=1S/C19H16FNO2.C17H13FO2.C15H9FO2.C9H9IO2.C8H5F.C4H9NO/c20-18-3-1-2-16(14-18)5-4-15-6-8-17(9-7-15)19(22)21-10-12-23-13-11-21;1-2-20-17(19)15-10-8-13(9-11-15)6-7-14-4-3-5-16(18)12-14;16-14-3-1-2-12(10-14)5-4-11-6-8-13(9-7-11)15(17)18;1-2-12-9(11)7-3-5-8(10)6-4-7;1-2-7-4-3-5-8(9)6-7;1-3-6-4-2-5-1/h1-3,6-9,14H,10-13H2;3-5,8-12H,2H2,1H3;1-3,6-10H,(H,17,18);3-6H,2H2,1H3;1,3-6H;5H,1-4H2. The van der Waals surface area contributed by atoms with Gasteiger partial charge in [0.25, 0.3) is 5.91 Å². The van der Waals surface area contributed by atoms with Gasteiger partial charge in [0.05, 0.1) is 56.3 Å².